The third kappa shape index (κ3) is 3.10. The Kier molecular flexibility index (Phi) is 5.55. The highest BCUT2D eigenvalue weighted by Gasteiger charge is 2.21. The quantitative estimate of drug-likeness (QED) is 0.898. The molecule has 1 unspecified atom stereocenters. The lowest BCUT2D eigenvalue weighted by Gasteiger charge is -2.15. The molecule has 0 aliphatic carbocycles. The molecule has 92 valence electrons. The number of halogens is 1. The van der Waals surface area contributed by atoms with Crippen molar-refractivity contribution in [3.63, 3.8) is 0 Å². The molecular weight excluding hydrogens is 244 g/mol. The highest BCUT2D eigenvalue weighted by atomic mass is 35.5. The van der Waals surface area contributed by atoms with E-state index in [-0.39, 0.29) is 12.4 Å². The molecule has 1 aliphatic heterocycles. The zero-order valence-corrected chi connectivity index (χ0v) is 11.4. The number of rotatable bonds is 4. The first-order valence-electron chi connectivity index (χ1n) is 5.33. The summed E-state index contributed by atoms with van der Waals surface area (Å²) in [6.07, 6.45) is 1.25. The van der Waals surface area contributed by atoms with Gasteiger partial charge < -0.3 is 10.1 Å². The summed E-state index contributed by atoms with van der Waals surface area (Å²) >= 11 is 1.78. The van der Waals surface area contributed by atoms with Crippen LogP contribution in [0.4, 0.5) is 0 Å². The largest absolute Gasteiger partial charge is 0.496 e. The van der Waals surface area contributed by atoms with Crippen LogP contribution in [0.25, 0.3) is 0 Å². The van der Waals surface area contributed by atoms with Gasteiger partial charge in [-0.2, -0.15) is 0 Å². The zero-order chi connectivity index (χ0) is 10.7. The second-order valence-corrected chi connectivity index (χ2v) is 4.92. The maximum absolute atomic E-state index is 5.32. The van der Waals surface area contributed by atoms with Gasteiger partial charge >= 0.3 is 0 Å². The van der Waals surface area contributed by atoms with Gasteiger partial charge in [0.1, 0.15) is 5.75 Å². The van der Waals surface area contributed by atoms with Crippen molar-refractivity contribution in [2.45, 2.75) is 19.0 Å². The summed E-state index contributed by atoms with van der Waals surface area (Å²) in [5.74, 6) is 1.04. The first-order chi connectivity index (χ1) is 7.33. The molecule has 0 bridgehead atoms. The van der Waals surface area contributed by atoms with Crippen molar-refractivity contribution in [1.82, 2.24) is 10.2 Å². The number of hydrogen-bond acceptors (Lipinski definition) is 4. The minimum atomic E-state index is 0. The van der Waals surface area contributed by atoms with Crippen molar-refractivity contribution in [3.05, 3.63) is 16.3 Å². The van der Waals surface area contributed by atoms with Gasteiger partial charge in [-0.1, -0.05) is 0 Å². The van der Waals surface area contributed by atoms with E-state index in [1.807, 2.05) is 13.1 Å². The molecule has 5 heteroatoms. The maximum Gasteiger partial charge on any atom is 0.134 e. The van der Waals surface area contributed by atoms with Crippen LogP contribution in [-0.4, -0.2) is 38.2 Å². The van der Waals surface area contributed by atoms with E-state index in [9.17, 15) is 0 Å². The molecule has 2 heterocycles. The Balaban J connectivity index is 0.00000128. The molecule has 0 amide bonds. The third-order valence-electron chi connectivity index (χ3n) is 2.97. The van der Waals surface area contributed by atoms with Crippen LogP contribution in [0, 0.1) is 0 Å². The summed E-state index contributed by atoms with van der Waals surface area (Å²) in [4.78, 5) is 3.82. The summed E-state index contributed by atoms with van der Waals surface area (Å²) in [6, 6.07) is 2.71. The van der Waals surface area contributed by atoms with Crippen LogP contribution in [0.5, 0.6) is 5.75 Å². The zero-order valence-electron chi connectivity index (χ0n) is 9.73. The van der Waals surface area contributed by atoms with Crippen molar-refractivity contribution in [3.8, 4) is 5.75 Å². The lowest BCUT2D eigenvalue weighted by molar-refractivity contribution is 0.317. The van der Waals surface area contributed by atoms with E-state index in [1.165, 1.54) is 17.8 Å². The molecule has 0 radical (unpaired) electrons. The lowest BCUT2D eigenvalue weighted by Crippen LogP contribution is -2.29. The van der Waals surface area contributed by atoms with Gasteiger partial charge in [0, 0.05) is 25.7 Å². The molecule has 0 aromatic carbocycles. The van der Waals surface area contributed by atoms with E-state index in [4.69, 9.17) is 4.74 Å². The van der Waals surface area contributed by atoms with Crippen LogP contribution >= 0.6 is 23.7 Å². The molecule has 1 saturated heterocycles. The Morgan fingerprint density at radius 2 is 2.44 bits per heavy atom. The monoisotopic (exact) mass is 262 g/mol. The Labute approximate surface area is 107 Å². The summed E-state index contributed by atoms with van der Waals surface area (Å²) in [6.45, 7) is 3.36. The van der Waals surface area contributed by atoms with Crippen LogP contribution < -0.4 is 10.1 Å². The smallest absolute Gasteiger partial charge is 0.134 e. The standard InChI is InChI=1S/C11H18N2OS.ClH/c1-12-9-3-5-13(7-9)8-11-10(14-2)4-6-15-11;/h4,6,9,12H,3,5,7-8H2,1-2H3;1H. The van der Waals surface area contributed by atoms with Gasteiger partial charge in [0.15, 0.2) is 0 Å². The molecule has 1 aliphatic rings. The van der Waals surface area contributed by atoms with E-state index in [1.54, 1.807) is 18.4 Å². The van der Waals surface area contributed by atoms with E-state index in [2.05, 4.69) is 15.6 Å². The summed E-state index contributed by atoms with van der Waals surface area (Å²) < 4.78 is 5.32. The SMILES string of the molecule is CNC1CCN(Cc2sccc2OC)C1.Cl. The number of likely N-dealkylation sites (N-methyl/N-ethyl adjacent to an activating group) is 1. The van der Waals surface area contributed by atoms with E-state index < -0.39 is 0 Å². The second-order valence-electron chi connectivity index (χ2n) is 3.92. The number of likely N-dealkylation sites (tertiary alicyclic amines) is 1. The van der Waals surface area contributed by atoms with Crippen molar-refractivity contribution in [1.29, 1.82) is 0 Å². The molecule has 3 nitrogen and oxygen atoms in total. The first-order valence-corrected chi connectivity index (χ1v) is 6.21. The Morgan fingerprint density at radius 3 is 3.06 bits per heavy atom. The van der Waals surface area contributed by atoms with Gasteiger partial charge in [-0.25, -0.2) is 0 Å². The van der Waals surface area contributed by atoms with Crippen molar-refractivity contribution >= 4 is 23.7 Å². The predicted molar refractivity (Wildman–Crippen MR) is 70.9 cm³/mol. The maximum atomic E-state index is 5.32. The number of nitrogens with one attached hydrogen (secondary N) is 1. The van der Waals surface area contributed by atoms with E-state index >= 15 is 0 Å². The van der Waals surface area contributed by atoms with Crippen LogP contribution in [0.2, 0.25) is 0 Å². The molecule has 1 aromatic rings. The van der Waals surface area contributed by atoms with Crippen molar-refractivity contribution < 1.29 is 4.74 Å². The fourth-order valence-corrected chi connectivity index (χ4v) is 2.92. The highest BCUT2D eigenvalue weighted by molar-refractivity contribution is 7.10. The normalized spacial score (nSPS) is 20.8. The first kappa shape index (κ1) is 13.8. The predicted octanol–water partition coefficient (Wildman–Crippen LogP) is 1.97. The minimum Gasteiger partial charge on any atom is -0.496 e. The average molecular weight is 263 g/mol. The number of hydrogen-bond donors (Lipinski definition) is 1. The van der Waals surface area contributed by atoms with Crippen LogP contribution in [0.3, 0.4) is 0 Å². The minimum absolute atomic E-state index is 0. The fraction of sp³-hybridized carbons (Fsp3) is 0.636. The Hall–Kier alpha value is -0.290. The van der Waals surface area contributed by atoms with Crippen LogP contribution in [0.1, 0.15) is 11.3 Å². The molecule has 0 spiro atoms. The molecular formula is C11H19ClN2OS. The third-order valence-corrected chi connectivity index (χ3v) is 3.86. The number of thiophene rings is 1. The van der Waals surface area contributed by atoms with Gasteiger partial charge in [-0.15, -0.1) is 23.7 Å². The summed E-state index contributed by atoms with van der Waals surface area (Å²) in [5, 5.41) is 5.43. The molecule has 16 heavy (non-hydrogen) atoms. The van der Waals surface area contributed by atoms with Crippen molar-refractivity contribution in [2.24, 2.45) is 0 Å². The van der Waals surface area contributed by atoms with E-state index in [0.717, 1.165) is 18.8 Å². The number of nitrogens with zero attached hydrogens (tertiary/aromatic N) is 1. The summed E-state index contributed by atoms with van der Waals surface area (Å²) in [5.41, 5.74) is 0. The summed E-state index contributed by atoms with van der Waals surface area (Å²) in [7, 11) is 3.78. The van der Waals surface area contributed by atoms with Crippen LogP contribution in [0.15, 0.2) is 11.4 Å². The average Bonchev–Trinajstić information content (AvgIpc) is 2.87. The number of methoxy groups -OCH3 is 1. The molecule has 2 rings (SSSR count). The fourth-order valence-electron chi connectivity index (χ4n) is 2.04. The lowest BCUT2D eigenvalue weighted by atomic mass is 10.3. The van der Waals surface area contributed by atoms with Gasteiger partial charge in [0.25, 0.3) is 0 Å². The van der Waals surface area contributed by atoms with Gasteiger partial charge in [0.05, 0.1) is 12.0 Å². The Bertz CT molecular complexity index is 319. The van der Waals surface area contributed by atoms with Gasteiger partial charge in [0.2, 0.25) is 0 Å². The highest BCUT2D eigenvalue weighted by Crippen LogP contribution is 2.27. The van der Waals surface area contributed by atoms with Gasteiger partial charge in [-0.05, 0) is 24.9 Å². The number of ether oxygens (including phenoxy) is 1. The second kappa shape index (κ2) is 6.45. The van der Waals surface area contributed by atoms with E-state index in [0.29, 0.717) is 6.04 Å². The van der Waals surface area contributed by atoms with Gasteiger partial charge in [-0.3, -0.25) is 4.90 Å². The topological polar surface area (TPSA) is 24.5 Å². The van der Waals surface area contributed by atoms with Crippen molar-refractivity contribution in [2.75, 3.05) is 27.2 Å². The Morgan fingerprint density at radius 1 is 1.62 bits per heavy atom. The molecule has 0 saturated carbocycles. The molecule has 1 N–H and O–H groups in total. The van der Waals surface area contributed by atoms with Crippen LogP contribution in [-0.2, 0) is 6.54 Å². The molecule has 1 atom stereocenters. The molecule has 1 fully saturated rings. The molecule has 1 aromatic heterocycles.